The molecule has 0 aromatic heterocycles. The molecule has 0 bridgehead atoms. The Bertz CT molecular complexity index is 369. The maximum absolute atomic E-state index is 3.68. The molecule has 2 N–H and O–H groups in total. The minimum atomic E-state index is 0.584. The molecule has 1 aromatic rings. The Morgan fingerprint density at radius 1 is 1.26 bits per heavy atom. The van der Waals surface area contributed by atoms with Crippen molar-refractivity contribution in [3.63, 3.8) is 0 Å². The standard InChI is InChI=1S/C17H28N2/c1-3-15-8-4-5-9-16(15)13-19-14(2)12-17-10-6-7-11-18-17/h4-5,8-9,14,17-19H,3,6-7,10-13H2,1-2H3. The molecule has 1 aliphatic heterocycles. The molecule has 2 rings (SSSR count). The fourth-order valence-corrected chi connectivity index (χ4v) is 2.99. The van der Waals surface area contributed by atoms with E-state index in [2.05, 4.69) is 48.7 Å². The number of hydrogen-bond donors (Lipinski definition) is 2. The molecular formula is C17H28N2. The van der Waals surface area contributed by atoms with Gasteiger partial charge in [-0.2, -0.15) is 0 Å². The van der Waals surface area contributed by atoms with E-state index >= 15 is 0 Å². The third-order valence-electron chi connectivity index (χ3n) is 4.19. The van der Waals surface area contributed by atoms with Gasteiger partial charge in [0.2, 0.25) is 0 Å². The SMILES string of the molecule is CCc1ccccc1CNC(C)CC1CCCCN1. The van der Waals surface area contributed by atoms with Gasteiger partial charge in [0, 0.05) is 18.6 Å². The topological polar surface area (TPSA) is 24.1 Å². The molecule has 1 aromatic carbocycles. The second kappa shape index (κ2) is 7.66. The summed E-state index contributed by atoms with van der Waals surface area (Å²) in [4.78, 5) is 0. The van der Waals surface area contributed by atoms with E-state index in [0.29, 0.717) is 6.04 Å². The van der Waals surface area contributed by atoms with Gasteiger partial charge >= 0.3 is 0 Å². The van der Waals surface area contributed by atoms with Crippen LogP contribution in [-0.2, 0) is 13.0 Å². The zero-order valence-corrected chi connectivity index (χ0v) is 12.4. The van der Waals surface area contributed by atoms with Crippen molar-refractivity contribution in [3.8, 4) is 0 Å². The van der Waals surface area contributed by atoms with Crippen molar-refractivity contribution >= 4 is 0 Å². The lowest BCUT2D eigenvalue weighted by Crippen LogP contribution is -2.39. The lowest BCUT2D eigenvalue weighted by molar-refractivity contribution is 0.344. The summed E-state index contributed by atoms with van der Waals surface area (Å²) in [7, 11) is 0. The van der Waals surface area contributed by atoms with Gasteiger partial charge in [-0.1, -0.05) is 37.6 Å². The van der Waals surface area contributed by atoms with Crippen molar-refractivity contribution in [2.45, 2.75) is 64.6 Å². The highest BCUT2D eigenvalue weighted by Crippen LogP contribution is 2.13. The Kier molecular flexibility index (Phi) is 5.87. The van der Waals surface area contributed by atoms with E-state index in [-0.39, 0.29) is 0 Å². The molecule has 106 valence electrons. The predicted octanol–water partition coefficient (Wildman–Crippen LogP) is 3.26. The maximum Gasteiger partial charge on any atom is 0.0210 e. The minimum Gasteiger partial charge on any atom is -0.314 e. The summed E-state index contributed by atoms with van der Waals surface area (Å²) in [6, 6.07) is 10.1. The van der Waals surface area contributed by atoms with Crippen LogP contribution >= 0.6 is 0 Å². The molecule has 19 heavy (non-hydrogen) atoms. The van der Waals surface area contributed by atoms with Crippen LogP contribution in [0.5, 0.6) is 0 Å². The number of aryl methyl sites for hydroxylation is 1. The fraction of sp³-hybridized carbons (Fsp3) is 0.647. The first-order valence-electron chi connectivity index (χ1n) is 7.83. The smallest absolute Gasteiger partial charge is 0.0210 e. The lowest BCUT2D eigenvalue weighted by atomic mass is 9.98. The van der Waals surface area contributed by atoms with Crippen LogP contribution in [0.4, 0.5) is 0 Å². The highest BCUT2D eigenvalue weighted by molar-refractivity contribution is 5.26. The summed E-state index contributed by atoms with van der Waals surface area (Å²) in [5.74, 6) is 0. The van der Waals surface area contributed by atoms with Gasteiger partial charge in [0.05, 0.1) is 0 Å². The number of rotatable bonds is 6. The first kappa shape index (κ1) is 14.5. The Morgan fingerprint density at radius 3 is 2.74 bits per heavy atom. The fourth-order valence-electron chi connectivity index (χ4n) is 2.99. The molecule has 0 saturated carbocycles. The van der Waals surface area contributed by atoms with Crippen LogP contribution in [0.25, 0.3) is 0 Å². The van der Waals surface area contributed by atoms with Gasteiger partial charge in [0.15, 0.2) is 0 Å². The van der Waals surface area contributed by atoms with E-state index < -0.39 is 0 Å². The molecule has 2 nitrogen and oxygen atoms in total. The highest BCUT2D eigenvalue weighted by Gasteiger charge is 2.15. The lowest BCUT2D eigenvalue weighted by Gasteiger charge is -2.26. The molecular weight excluding hydrogens is 232 g/mol. The van der Waals surface area contributed by atoms with Gasteiger partial charge < -0.3 is 10.6 Å². The summed E-state index contributed by atoms with van der Waals surface area (Å²) >= 11 is 0. The van der Waals surface area contributed by atoms with Crippen LogP contribution in [0.15, 0.2) is 24.3 Å². The van der Waals surface area contributed by atoms with E-state index in [4.69, 9.17) is 0 Å². The second-order valence-electron chi connectivity index (χ2n) is 5.79. The predicted molar refractivity (Wildman–Crippen MR) is 82.4 cm³/mol. The summed E-state index contributed by atoms with van der Waals surface area (Å²) in [5, 5.41) is 7.31. The average Bonchev–Trinajstić information content (AvgIpc) is 2.46. The van der Waals surface area contributed by atoms with E-state index in [0.717, 1.165) is 19.0 Å². The van der Waals surface area contributed by atoms with Crippen molar-refractivity contribution in [1.29, 1.82) is 0 Å². The number of nitrogens with one attached hydrogen (secondary N) is 2. The Balaban J connectivity index is 1.77. The van der Waals surface area contributed by atoms with Gasteiger partial charge in [0.1, 0.15) is 0 Å². The van der Waals surface area contributed by atoms with E-state index in [1.54, 1.807) is 0 Å². The van der Waals surface area contributed by atoms with Crippen LogP contribution in [-0.4, -0.2) is 18.6 Å². The van der Waals surface area contributed by atoms with Crippen LogP contribution in [0.1, 0.15) is 50.7 Å². The maximum atomic E-state index is 3.68. The minimum absolute atomic E-state index is 0.584. The summed E-state index contributed by atoms with van der Waals surface area (Å²) < 4.78 is 0. The zero-order valence-electron chi connectivity index (χ0n) is 12.4. The quantitative estimate of drug-likeness (QED) is 0.820. The van der Waals surface area contributed by atoms with Gasteiger partial charge in [-0.05, 0) is 50.3 Å². The van der Waals surface area contributed by atoms with E-state index in [9.17, 15) is 0 Å². The molecule has 2 heteroatoms. The molecule has 0 radical (unpaired) electrons. The van der Waals surface area contributed by atoms with Gasteiger partial charge in [-0.3, -0.25) is 0 Å². The Labute approximate surface area is 118 Å². The second-order valence-corrected chi connectivity index (χ2v) is 5.79. The zero-order chi connectivity index (χ0) is 13.5. The molecule has 1 saturated heterocycles. The first-order valence-corrected chi connectivity index (χ1v) is 7.83. The third kappa shape index (κ3) is 4.63. The van der Waals surface area contributed by atoms with Crippen molar-refractivity contribution in [3.05, 3.63) is 35.4 Å². The van der Waals surface area contributed by atoms with Crippen LogP contribution < -0.4 is 10.6 Å². The normalized spacial score (nSPS) is 21.3. The third-order valence-corrected chi connectivity index (χ3v) is 4.19. The number of hydrogen-bond acceptors (Lipinski definition) is 2. The monoisotopic (exact) mass is 260 g/mol. The summed E-state index contributed by atoms with van der Waals surface area (Å²) in [5.41, 5.74) is 2.92. The Morgan fingerprint density at radius 2 is 2.05 bits per heavy atom. The van der Waals surface area contributed by atoms with E-state index in [1.807, 2.05) is 0 Å². The van der Waals surface area contributed by atoms with Gasteiger partial charge in [0.25, 0.3) is 0 Å². The largest absolute Gasteiger partial charge is 0.314 e. The van der Waals surface area contributed by atoms with Crippen molar-refractivity contribution in [2.24, 2.45) is 0 Å². The molecule has 2 unspecified atom stereocenters. The van der Waals surface area contributed by atoms with Crippen LogP contribution in [0.3, 0.4) is 0 Å². The van der Waals surface area contributed by atoms with Crippen molar-refractivity contribution in [2.75, 3.05) is 6.54 Å². The number of benzene rings is 1. The average molecular weight is 260 g/mol. The van der Waals surface area contributed by atoms with Crippen molar-refractivity contribution in [1.82, 2.24) is 10.6 Å². The Hall–Kier alpha value is -0.860. The van der Waals surface area contributed by atoms with Gasteiger partial charge in [-0.15, -0.1) is 0 Å². The summed E-state index contributed by atoms with van der Waals surface area (Å²) in [6.45, 7) is 6.74. The first-order chi connectivity index (χ1) is 9.29. The van der Waals surface area contributed by atoms with Gasteiger partial charge in [-0.25, -0.2) is 0 Å². The molecule has 1 heterocycles. The van der Waals surface area contributed by atoms with Crippen molar-refractivity contribution < 1.29 is 0 Å². The molecule has 0 aliphatic carbocycles. The molecule has 0 amide bonds. The van der Waals surface area contributed by atoms with Crippen LogP contribution in [0.2, 0.25) is 0 Å². The molecule has 0 spiro atoms. The highest BCUT2D eigenvalue weighted by atomic mass is 15.0. The van der Waals surface area contributed by atoms with Crippen LogP contribution in [0, 0.1) is 0 Å². The summed E-state index contributed by atoms with van der Waals surface area (Å²) in [6.07, 6.45) is 6.45. The molecule has 1 fully saturated rings. The van der Waals surface area contributed by atoms with E-state index in [1.165, 1.54) is 43.4 Å². The molecule has 2 atom stereocenters. The molecule has 1 aliphatic rings. The number of piperidine rings is 1.